The molecule has 1 atom stereocenters. The third-order valence-electron chi connectivity index (χ3n) is 3.75. The van der Waals surface area contributed by atoms with Gasteiger partial charge < -0.3 is 4.52 Å². The molecule has 22 heavy (non-hydrogen) atoms. The normalized spacial score (nSPS) is 12.3. The van der Waals surface area contributed by atoms with E-state index < -0.39 is 0 Å². The summed E-state index contributed by atoms with van der Waals surface area (Å²) >= 11 is 0. The lowest BCUT2D eigenvalue weighted by molar-refractivity contribution is 0.348. The van der Waals surface area contributed by atoms with Crippen LogP contribution in [0.1, 0.15) is 36.3 Å². The summed E-state index contributed by atoms with van der Waals surface area (Å²) in [6.07, 6.45) is 3.62. The summed E-state index contributed by atoms with van der Waals surface area (Å²) in [5, 5.41) is 4.09. The number of hydrogen-bond acceptors (Lipinski definition) is 4. The summed E-state index contributed by atoms with van der Waals surface area (Å²) in [5.41, 5.74) is 3.17. The predicted octanol–water partition coefficient (Wildman–Crippen LogP) is 4.18. The second-order valence-corrected chi connectivity index (χ2v) is 5.47. The monoisotopic (exact) mass is 293 g/mol. The molecular formula is C18H19N3O. The molecule has 0 aliphatic rings. The lowest BCUT2D eigenvalue weighted by atomic mass is 9.97. The van der Waals surface area contributed by atoms with Crippen LogP contribution in [0.4, 0.5) is 0 Å². The van der Waals surface area contributed by atoms with Crippen LogP contribution in [0.15, 0.2) is 53.2 Å². The first-order chi connectivity index (χ1) is 10.8. The van der Waals surface area contributed by atoms with Crippen molar-refractivity contribution in [3.05, 3.63) is 65.7 Å². The van der Waals surface area contributed by atoms with E-state index >= 15 is 0 Å². The third kappa shape index (κ3) is 3.22. The van der Waals surface area contributed by atoms with E-state index in [4.69, 9.17) is 4.52 Å². The number of benzene rings is 1. The molecule has 0 N–H and O–H groups in total. The quantitative estimate of drug-likeness (QED) is 0.708. The zero-order valence-electron chi connectivity index (χ0n) is 12.9. The van der Waals surface area contributed by atoms with Crippen molar-refractivity contribution in [3.63, 3.8) is 0 Å². The van der Waals surface area contributed by atoms with Crippen LogP contribution in [0.25, 0.3) is 11.5 Å². The number of hydrogen-bond donors (Lipinski definition) is 0. The van der Waals surface area contributed by atoms with Crippen LogP contribution in [-0.4, -0.2) is 15.1 Å². The number of rotatable bonds is 5. The topological polar surface area (TPSA) is 51.8 Å². The van der Waals surface area contributed by atoms with Crippen molar-refractivity contribution in [1.82, 2.24) is 15.1 Å². The highest BCUT2D eigenvalue weighted by Gasteiger charge is 2.19. The summed E-state index contributed by atoms with van der Waals surface area (Å²) < 4.78 is 5.48. The SMILES string of the molecule is CCC(Cc1ccccc1)c1nc(-c2cc(C)ccn2)no1. The molecule has 0 amide bonds. The van der Waals surface area contributed by atoms with E-state index in [2.05, 4.69) is 46.3 Å². The van der Waals surface area contributed by atoms with E-state index in [9.17, 15) is 0 Å². The Balaban J connectivity index is 1.82. The van der Waals surface area contributed by atoms with E-state index in [0.717, 1.165) is 24.1 Å². The van der Waals surface area contributed by atoms with Gasteiger partial charge in [-0.25, -0.2) is 0 Å². The van der Waals surface area contributed by atoms with Gasteiger partial charge in [0.15, 0.2) is 0 Å². The Bertz CT molecular complexity index is 737. The summed E-state index contributed by atoms with van der Waals surface area (Å²) in [6, 6.07) is 14.3. The van der Waals surface area contributed by atoms with Crippen molar-refractivity contribution in [2.75, 3.05) is 0 Å². The first-order valence-corrected chi connectivity index (χ1v) is 7.57. The molecule has 2 heterocycles. The van der Waals surface area contributed by atoms with Gasteiger partial charge in [-0.15, -0.1) is 0 Å². The molecule has 0 saturated heterocycles. The summed E-state index contributed by atoms with van der Waals surface area (Å²) in [4.78, 5) is 8.86. The summed E-state index contributed by atoms with van der Waals surface area (Å²) in [5.74, 6) is 1.48. The molecular weight excluding hydrogens is 274 g/mol. The molecule has 1 unspecified atom stereocenters. The average Bonchev–Trinajstić information content (AvgIpc) is 3.03. The molecule has 0 aliphatic heterocycles. The van der Waals surface area contributed by atoms with Crippen molar-refractivity contribution in [2.45, 2.75) is 32.6 Å². The summed E-state index contributed by atoms with van der Waals surface area (Å²) in [7, 11) is 0. The molecule has 2 aromatic heterocycles. The number of nitrogens with zero attached hydrogens (tertiary/aromatic N) is 3. The Kier molecular flexibility index (Phi) is 4.28. The molecule has 0 fully saturated rings. The first kappa shape index (κ1) is 14.4. The van der Waals surface area contributed by atoms with Gasteiger partial charge in [-0.05, 0) is 43.0 Å². The molecule has 0 radical (unpaired) electrons. The minimum Gasteiger partial charge on any atom is -0.339 e. The van der Waals surface area contributed by atoms with Crippen LogP contribution in [0.2, 0.25) is 0 Å². The van der Waals surface area contributed by atoms with Crippen molar-refractivity contribution >= 4 is 0 Å². The van der Waals surface area contributed by atoms with Gasteiger partial charge in [0.25, 0.3) is 0 Å². The van der Waals surface area contributed by atoms with E-state index in [-0.39, 0.29) is 5.92 Å². The first-order valence-electron chi connectivity index (χ1n) is 7.57. The Morgan fingerprint density at radius 1 is 1.14 bits per heavy atom. The van der Waals surface area contributed by atoms with Crippen LogP contribution in [-0.2, 0) is 6.42 Å². The minimum atomic E-state index is 0.230. The number of aryl methyl sites for hydroxylation is 1. The third-order valence-corrected chi connectivity index (χ3v) is 3.75. The second-order valence-electron chi connectivity index (χ2n) is 5.47. The molecule has 0 spiro atoms. The highest BCUT2D eigenvalue weighted by molar-refractivity contribution is 5.49. The van der Waals surface area contributed by atoms with Gasteiger partial charge in [-0.1, -0.05) is 42.4 Å². The Morgan fingerprint density at radius 2 is 1.95 bits per heavy atom. The van der Waals surface area contributed by atoms with Crippen LogP contribution in [0.3, 0.4) is 0 Å². The number of pyridine rings is 1. The fourth-order valence-electron chi connectivity index (χ4n) is 2.47. The van der Waals surface area contributed by atoms with Crippen molar-refractivity contribution in [3.8, 4) is 11.5 Å². The lowest BCUT2D eigenvalue weighted by Gasteiger charge is -2.09. The molecule has 3 rings (SSSR count). The maximum atomic E-state index is 5.48. The fraction of sp³-hybridized carbons (Fsp3) is 0.278. The molecule has 1 aromatic carbocycles. The maximum Gasteiger partial charge on any atom is 0.230 e. The van der Waals surface area contributed by atoms with Gasteiger partial charge in [0, 0.05) is 12.1 Å². The Labute approximate surface area is 130 Å². The molecule has 112 valence electrons. The van der Waals surface area contributed by atoms with Crippen molar-refractivity contribution < 1.29 is 4.52 Å². The van der Waals surface area contributed by atoms with Crippen molar-refractivity contribution in [2.24, 2.45) is 0 Å². The molecule has 0 bridgehead atoms. The van der Waals surface area contributed by atoms with Gasteiger partial charge in [-0.2, -0.15) is 4.98 Å². The Morgan fingerprint density at radius 3 is 2.68 bits per heavy atom. The molecule has 4 nitrogen and oxygen atoms in total. The standard InChI is InChI=1S/C18H19N3O/c1-3-15(12-14-7-5-4-6-8-14)18-20-17(21-22-18)16-11-13(2)9-10-19-16/h4-11,15H,3,12H2,1-2H3. The van der Waals surface area contributed by atoms with Crippen LogP contribution >= 0.6 is 0 Å². The molecule has 3 aromatic rings. The van der Waals surface area contributed by atoms with Gasteiger partial charge >= 0.3 is 0 Å². The molecule has 0 aliphatic carbocycles. The van der Waals surface area contributed by atoms with Gasteiger partial charge in [0.05, 0.1) is 0 Å². The number of aromatic nitrogens is 3. The smallest absolute Gasteiger partial charge is 0.230 e. The largest absolute Gasteiger partial charge is 0.339 e. The van der Waals surface area contributed by atoms with E-state index in [1.54, 1.807) is 6.20 Å². The van der Waals surface area contributed by atoms with Crippen molar-refractivity contribution in [1.29, 1.82) is 0 Å². The summed E-state index contributed by atoms with van der Waals surface area (Å²) in [6.45, 7) is 4.17. The van der Waals surface area contributed by atoms with E-state index in [0.29, 0.717) is 11.7 Å². The fourth-order valence-corrected chi connectivity index (χ4v) is 2.47. The van der Waals surface area contributed by atoms with E-state index in [1.165, 1.54) is 5.56 Å². The molecule has 4 heteroatoms. The van der Waals surface area contributed by atoms with Crippen LogP contribution < -0.4 is 0 Å². The lowest BCUT2D eigenvalue weighted by Crippen LogP contribution is -2.02. The van der Waals surface area contributed by atoms with Gasteiger partial charge in [0.1, 0.15) is 5.69 Å². The van der Waals surface area contributed by atoms with E-state index in [1.807, 2.05) is 25.1 Å². The Hall–Kier alpha value is -2.49. The second kappa shape index (κ2) is 6.52. The van der Waals surface area contributed by atoms with Crippen LogP contribution in [0.5, 0.6) is 0 Å². The zero-order chi connectivity index (χ0) is 15.4. The van der Waals surface area contributed by atoms with Gasteiger partial charge in [-0.3, -0.25) is 4.98 Å². The maximum absolute atomic E-state index is 5.48. The van der Waals surface area contributed by atoms with Gasteiger partial charge in [0.2, 0.25) is 11.7 Å². The average molecular weight is 293 g/mol. The molecule has 0 saturated carbocycles. The zero-order valence-corrected chi connectivity index (χ0v) is 12.9. The highest BCUT2D eigenvalue weighted by atomic mass is 16.5. The highest BCUT2D eigenvalue weighted by Crippen LogP contribution is 2.25. The van der Waals surface area contributed by atoms with Crippen LogP contribution in [0, 0.1) is 6.92 Å². The minimum absolute atomic E-state index is 0.230. The predicted molar refractivity (Wildman–Crippen MR) is 85.4 cm³/mol.